The van der Waals surface area contributed by atoms with Crippen LogP contribution in [0.2, 0.25) is 0 Å². The molecule has 0 saturated carbocycles. The largest absolute Gasteiger partial charge is 0.381 e. The van der Waals surface area contributed by atoms with Crippen molar-refractivity contribution >= 4 is 0 Å². The van der Waals surface area contributed by atoms with Gasteiger partial charge in [0.25, 0.3) is 0 Å². The minimum atomic E-state index is 0.207. The van der Waals surface area contributed by atoms with Crippen molar-refractivity contribution in [3.05, 3.63) is 0 Å². The lowest BCUT2D eigenvalue weighted by Gasteiger charge is -2.36. The van der Waals surface area contributed by atoms with Gasteiger partial charge >= 0.3 is 0 Å². The first-order valence-corrected chi connectivity index (χ1v) is 4.55. The molecule has 0 bridgehead atoms. The Labute approximate surface area is 67.9 Å². The second-order valence-electron chi connectivity index (χ2n) is 3.72. The lowest BCUT2D eigenvalue weighted by molar-refractivity contribution is -0.0945. The summed E-state index contributed by atoms with van der Waals surface area (Å²) in [5.74, 6) is 0.742. The van der Waals surface area contributed by atoms with Gasteiger partial charge in [-0.2, -0.15) is 0 Å². The molecule has 0 N–H and O–H groups in total. The van der Waals surface area contributed by atoms with Gasteiger partial charge in [-0.1, -0.05) is 6.92 Å². The molecule has 2 heteroatoms. The molecule has 0 radical (unpaired) electrons. The summed E-state index contributed by atoms with van der Waals surface area (Å²) in [6.07, 6.45) is 3.45. The highest BCUT2D eigenvalue weighted by molar-refractivity contribution is 4.91. The molecule has 64 valence electrons. The highest BCUT2D eigenvalue weighted by Gasteiger charge is 2.42. The van der Waals surface area contributed by atoms with E-state index in [1.54, 1.807) is 0 Å². The SMILES string of the molecule is CC1CCOC12CCOCC2. The number of hydrogen-bond donors (Lipinski definition) is 0. The van der Waals surface area contributed by atoms with E-state index in [-0.39, 0.29) is 5.60 Å². The molecule has 2 heterocycles. The van der Waals surface area contributed by atoms with Crippen molar-refractivity contribution in [2.24, 2.45) is 5.92 Å². The predicted molar refractivity (Wildman–Crippen MR) is 42.5 cm³/mol. The average Bonchev–Trinajstić information content (AvgIpc) is 2.36. The maximum Gasteiger partial charge on any atom is 0.0752 e. The second kappa shape index (κ2) is 2.76. The smallest absolute Gasteiger partial charge is 0.0752 e. The van der Waals surface area contributed by atoms with Crippen LogP contribution in [0.3, 0.4) is 0 Å². The van der Waals surface area contributed by atoms with Crippen LogP contribution in [0.25, 0.3) is 0 Å². The third-order valence-electron chi connectivity index (χ3n) is 3.18. The van der Waals surface area contributed by atoms with Crippen LogP contribution in [-0.2, 0) is 9.47 Å². The summed E-state index contributed by atoms with van der Waals surface area (Å²) in [5, 5.41) is 0. The van der Waals surface area contributed by atoms with Gasteiger partial charge < -0.3 is 9.47 Å². The van der Waals surface area contributed by atoms with E-state index in [1.165, 1.54) is 6.42 Å². The van der Waals surface area contributed by atoms with E-state index >= 15 is 0 Å². The molecule has 2 fully saturated rings. The standard InChI is InChI=1S/C9H16O2/c1-8-2-5-11-9(8)3-6-10-7-4-9/h8H,2-7H2,1H3. The van der Waals surface area contributed by atoms with Crippen LogP contribution in [0.1, 0.15) is 26.2 Å². The van der Waals surface area contributed by atoms with Crippen molar-refractivity contribution in [3.8, 4) is 0 Å². The lowest BCUT2D eigenvalue weighted by atomic mass is 9.83. The van der Waals surface area contributed by atoms with Crippen LogP contribution in [0.5, 0.6) is 0 Å². The first-order valence-electron chi connectivity index (χ1n) is 4.55. The second-order valence-corrected chi connectivity index (χ2v) is 3.72. The Hall–Kier alpha value is -0.0800. The molecule has 2 nitrogen and oxygen atoms in total. The summed E-state index contributed by atoms with van der Waals surface area (Å²) in [5.41, 5.74) is 0.207. The molecule has 1 atom stereocenters. The molecule has 0 aromatic heterocycles. The molecule has 0 aromatic rings. The fourth-order valence-electron chi connectivity index (χ4n) is 2.20. The fourth-order valence-corrected chi connectivity index (χ4v) is 2.20. The highest BCUT2D eigenvalue weighted by Crippen LogP contribution is 2.39. The Morgan fingerprint density at radius 1 is 1.18 bits per heavy atom. The van der Waals surface area contributed by atoms with E-state index in [1.807, 2.05) is 0 Å². The van der Waals surface area contributed by atoms with E-state index in [2.05, 4.69) is 6.92 Å². The van der Waals surface area contributed by atoms with E-state index < -0.39 is 0 Å². The maximum absolute atomic E-state index is 5.81. The zero-order valence-corrected chi connectivity index (χ0v) is 7.14. The van der Waals surface area contributed by atoms with Crippen molar-refractivity contribution in [3.63, 3.8) is 0 Å². The van der Waals surface area contributed by atoms with Crippen molar-refractivity contribution in [1.82, 2.24) is 0 Å². The normalized spacial score (nSPS) is 36.3. The summed E-state index contributed by atoms with van der Waals surface area (Å²) < 4.78 is 11.1. The van der Waals surface area contributed by atoms with E-state index in [0.717, 1.165) is 38.6 Å². The molecule has 0 amide bonds. The van der Waals surface area contributed by atoms with Gasteiger partial charge in [0.05, 0.1) is 5.60 Å². The Kier molecular flexibility index (Phi) is 1.90. The van der Waals surface area contributed by atoms with Gasteiger partial charge in [-0.05, 0) is 12.3 Å². The summed E-state index contributed by atoms with van der Waals surface area (Å²) >= 11 is 0. The van der Waals surface area contributed by atoms with Crippen LogP contribution >= 0.6 is 0 Å². The summed E-state index contributed by atoms with van der Waals surface area (Å²) in [7, 11) is 0. The molecule has 2 rings (SSSR count). The van der Waals surface area contributed by atoms with E-state index in [4.69, 9.17) is 9.47 Å². The van der Waals surface area contributed by atoms with Crippen molar-refractivity contribution in [2.75, 3.05) is 19.8 Å². The minimum absolute atomic E-state index is 0.207. The molecule has 11 heavy (non-hydrogen) atoms. The zero-order valence-electron chi connectivity index (χ0n) is 7.14. The number of hydrogen-bond acceptors (Lipinski definition) is 2. The van der Waals surface area contributed by atoms with Gasteiger partial charge in [0.2, 0.25) is 0 Å². The molecule has 2 aliphatic heterocycles. The van der Waals surface area contributed by atoms with Crippen molar-refractivity contribution < 1.29 is 9.47 Å². The minimum Gasteiger partial charge on any atom is -0.381 e. The number of rotatable bonds is 0. The first kappa shape index (κ1) is 7.56. The van der Waals surface area contributed by atoms with Gasteiger partial charge in [0, 0.05) is 32.7 Å². The molecule has 0 aliphatic carbocycles. The zero-order chi connectivity index (χ0) is 7.73. The topological polar surface area (TPSA) is 18.5 Å². The Balaban J connectivity index is 2.06. The predicted octanol–water partition coefficient (Wildman–Crippen LogP) is 1.59. The molecule has 2 aliphatic rings. The summed E-state index contributed by atoms with van der Waals surface area (Å²) in [4.78, 5) is 0. The Morgan fingerprint density at radius 3 is 2.45 bits per heavy atom. The van der Waals surface area contributed by atoms with Crippen LogP contribution in [-0.4, -0.2) is 25.4 Å². The average molecular weight is 156 g/mol. The third kappa shape index (κ3) is 1.18. The van der Waals surface area contributed by atoms with E-state index in [9.17, 15) is 0 Å². The van der Waals surface area contributed by atoms with Crippen molar-refractivity contribution in [2.45, 2.75) is 31.8 Å². The third-order valence-corrected chi connectivity index (χ3v) is 3.18. The summed E-state index contributed by atoms with van der Waals surface area (Å²) in [6, 6.07) is 0. The van der Waals surface area contributed by atoms with Crippen molar-refractivity contribution in [1.29, 1.82) is 0 Å². The van der Waals surface area contributed by atoms with Gasteiger partial charge in [-0.15, -0.1) is 0 Å². The lowest BCUT2D eigenvalue weighted by Crippen LogP contribution is -2.40. The quantitative estimate of drug-likeness (QED) is 0.530. The van der Waals surface area contributed by atoms with Gasteiger partial charge in [-0.25, -0.2) is 0 Å². The Bertz CT molecular complexity index is 138. The van der Waals surface area contributed by atoms with Crippen LogP contribution in [0.4, 0.5) is 0 Å². The number of ether oxygens (including phenoxy) is 2. The molecule has 0 aromatic carbocycles. The van der Waals surface area contributed by atoms with Gasteiger partial charge in [0.15, 0.2) is 0 Å². The van der Waals surface area contributed by atoms with Gasteiger partial charge in [0.1, 0.15) is 0 Å². The summed E-state index contributed by atoms with van der Waals surface area (Å²) in [6.45, 7) is 5.05. The fraction of sp³-hybridized carbons (Fsp3) is 1.00. The first-order chi connectivity index (χ1) is 5.33. The van der Waals surface area contributed by atoms with Crippen LogP contribution in [0.15, 0.2) is 0 Å². The Morgan fingerprint density at radius 2 is 1.91 bits per heavy atom. The molecule has 1 spiro atoms. The molecule has 2 saturated heterocycles. The van der Waals surface area contributed by atoms with Gasteiger partial charge in [-0.3, -0.25) is 0 Å². The van der Waals surface area contributed by atoms with E-state index in [0.29, 0.717) is 0 Å². The maximum atomic E-state index is 5.81. The van der Waals surface area contributed by atoms with Crippen LogP contribution < -0.4 is 0 Å². The highest BCUT2D eigenvalue weighted by atomic mass is 16.5. The molecule has 1 unspecified atom stereocenters. The molecular weight excluding hydrogens is 140 g/mol. The monoisotopic (exact) mass is 156 g/mol. The van der Waals surface area contributed by atoms with Crippen LogP contribution in [0, 0.1) is 5.92 Å². The molecular formula is C9H16O2.